The van der Waals surface area contributed by atoms with Crippen LogP contribution in [-0.2, 0) is 15.3 Å². The highest BCUT2D eigenvalue weighted by atomic mass is 32.2. The van der Waals surface area contributed by atoms with Crippen molar-refractivity contribution in [2.45, 2.75) is 38.4 Å². The fourth-order valence-corrected chi connectivity index (χ4v) is 2.01. The molecule has 1 atom stereocenters. The first kappa shape index (κ1) is 14.3. The molecule has 0 aliphatic rings. The highest BCUT2D eigenvalue weighted by Crippen LogP contribution is 2.23. The second-order valence-electron chi connectivity index (χ2n) is 5.24. The van der Waals surface area contributed by atoms with Crippen LogP contribution in [0.2, 0.25) is 0 Å². The van der Waals surface area contributed by atoms with E-state index in [1.807, 2.05) is 20.8 Å². The van der Waals surface area contributed by atoms with Crippen molar-refractivity contribution >= 4 is 22.1 Å². The summed E-state index contributed by atoms with van der Waals surface area (Å²) < 4.78 is 23.4. The number of nitrogens with one attached hydrogen (secondary N) is 1. The van der Waals surface area contributed by atoms with Crippen molar-refractivity contribution < 1.29 is 8.42 Å². The monoisotopic (exact) mass is 274 g/mol. The van der Waals surface area contributed by atoms with Crippen LogP contribution in [0.5, 0.6) is 0 Å². The van der Waals surface area contributed by atoms with Gasteiger partial charge in [-0.15, -0.1) is 0 Å². The minimum atomic E-state index is -3.17. The predicted molar refractivity (Wildman–Crippen MR) is 71.4 cm³/mol. The molecule has 1 rings (SSSR count). The van der Waals surface area contributed by atoms with Gasteiger partial charge in [0.25, 0.3) is 0 Å². The Balaban J connectivity index is 3.39. The van der Waals surface area contributed by atoms with Gasteiger partial charge in [0, 0.05) is 17.4 Å². The molecular formula is C11H18N2O2S2. The van der Waals surface area contributed by atoms with Gasteiger partial charge in [-0.2, -0.15) is 0 Å². The van der Waals surface area contributed by atoms with Crippen LogP contribution in [0.15, 0.2) is 6.07 Å². The molecule has 1 heterocycles. The summed E-state index contributed by atoms with van der Waals surface area (Å²) in [7, 11) is -3.17. The van der Waals surface area contributed by atoms with Crippen LogP contribution in [0.4, 0.5) is 0 Å². The zero-order valence-electron chi connectivity index (χ0n) is 10.7. The Morgan fingerprint density at radius 3 is 2.35 bits per heavy atom. The number of sulfone groups is 1. The number of hydrogen-bond acceptors (Lipinski definition) is 4. The highest BCUT2D eigenvalue weighted by molar-refractivity contribution is 7.90. The van der Waals surface area contributed by atoms with Gasteiger partial charge in [-0.3, -0.25) is 0 Å². The third kappa shape index (κ3) is 3.61. The molecule has 1 aromatic rings. The summed E-state index contributed by atoms with van der Waals surface area (Å²) in [5, 5.41) is -0.675. The summed E-state index contributed by atoms with van der Waals surface area (Å²) in [5.74, 6) is 0.407. The van der Waals surface area contributed by atoms with E-state index in [1.54, 1.807) is 13.0 Å². The van der Waals surface area contributed by atoms with Crippen molar-refractivity contribution in [2.24, 2.45) is 0 Å². The Hall–Kier alpha value is -0.750. The molecule has 0 radical (unpaired) electrons. The van der Waals surface area contributed by atoms with Crippen molar-refractivity contribution in [2.75, 3.05) is 6.26 Å². The molecule has 6 heteroatoms. The molecule has 0 saturated carbocycles. The minimum Gasteiger partial charge on any atom is -0.346 e. The Kier molecular flexibility index (Phi) is 3.78. The van der Waals surface area contributed by atoms with E-state index >= 15 is 0 Å². The molecule has 17 heavy (non-hydrogen) atoms. The maximum Gasteiger partial charge on any atom is 0.157 e. The average Bonchev–Trinajstić information content (AvgIpc) is 2.12. The number of hydrogen-bond donors (Lipinski definition) is 1. The van der Waals surface area contributed by atoms with Gasteiger partial charge in [-0.1, -0.05) is 33.0 Å². The lowest BCUT2D eigenvalue weighted by Crippen LogP contribution is -2.18. The van der Waals surface area contributed by atoms with Crippen LogP contribution in [-0.4, -0.2) is 24.6 Å². The van der Waals surface area contributed by atoms with E-state index in [0.29, 0.717) is 10.5 Å². The molecule has 0 aliphatic heterocycles. The van der Waals surface area contributed by atoms with Gasteiger partial charge in [0.2, 0.25) is 0 Å². The number of nitrogens with zero attached hydrogens (tertiary/aromatic N) is 1. The molecule has 1 unspecified atom stereocenters. The van der Waals surface area contributed by atoms with Gasteiger partial charge >= 0.3 is 0 Å². The zero-order valence-corrected chi connectivity index (χ0v) is 12.4. The Labute approximate surface area is 107 Å². The Bertz CT molecular complexity index is 568. The van der Waals surface area contributed by atoms with Crippen molar-refractivity contribution in [3.8, 4) is 0 Å². The predicted octanol–water partition coefficient (Wildman–Crippen LogP) is 2.54. The van der Waals surface area contributed by atoms with E-state index in [1.165, 1.54) is 6.26 Å². The van der Waals surface area contributed by atoms with Crippen molar-refractivity contribution in [3.63, 3.8) is 0 Å². The summed E-state index contributed by atoms with van der Waals surface area (Å²) in [6.45, 7) is 7.70. The van der Waals surface area contributed by atoms with E-state index in [0.717, 1.165) is 5.69 Å². The molecule has 1 N–H and O–H groups in total. The van der Waals surface area contributed by atoms with Gasteiger partial charge in [-0.05, 0) is 13.0 Å². The fourth-order valence-electron chi connectivity index (χ4n) is 1.28. The normalized spacial score (nSPS) is 14.6. The molecule has 0 amide bonds. The van der Waals surface area contributed by atoms with Gasteiger partial charge < -0.3 is 4.98 Å². The average molecular weight is 274 g/mol. The summed E-state index contributed by atoms with van der Waals surface area (Å²) in [5.41, 5.74) is 0.769. The van der Waals surface area contributed by atoms with E-state index in [9.17, 15) is 8.42 Å². The highest BCUT2D eigenvalue weighted by Gasteiger charge is 2.22. The van der Waals surface area contributed by atoms with E-state index in [-0.39, 0.29) is 5.41 Å². The third-order valence-corrected chi connectivity index (χ3v) is 4.31. The van der Waals surface area contributed by atoms with Crippen molar-refractivity contribution in [1.82, 2.24) is 9.97 Å². The summed E-state index contributed by atoms with van der Waals surface area (Å²) in [6.07, 6.45) is 1.19. The summed E-state index contributed by atoms with van der Waals surface area (Å²) in [6, 6.07) is 1.77. The van der Waals surface area contributed by atoms with Gasteiger partial charge in [0.05, 0.1) is 0 Å². The number of H-pyrrole nitrogens is 1. The zero-order chi connectivity index (χ0) is 13.4. The van der Waals surface area contributed by atoms with Crippen LogP contribution in [0.3, 0.4) is 0 Å². The van der Waals surface area contributed by atoms with E-state index < -0.39 is 15.1 Å². The molecule has 1 aromatic heterocycles. The maximum atomic E-state index is 11.5. The summed E-state index contributed by atoms with van der Waals surface area (Å²) in [4.78, 5) is 7.17. The molecule has 0 aliphatic carbocycles. The fraction of sp³-hybridized carbons (Fsp3) is 0.636. The largest absolute Gasteiger partial charge is 0.346 e. The number of rotatable bonds is 2. The van der Waals surface area contributed by atoms with Crippen LogP contribution in [0.25, 0.3) is 0 Å². The molecule has 4 nitrogen and oxygen atoms in total. The third-order valence-electron chi connectivity index (χ3n) is 2.60. The first-order valence-electron chi connectivity index (χ1n) is 5.32. The SMILES string of the molecule is CC(c1nc(=S)cc(C(C)(C)C)[nH]1)S(C)(=O)=O. The van der Waals surface area contributed by atoms with Crippen molar-refractivity contribution in [1.29, 1.82) is 0 Å². The van der Waals surface area contributed by atoms with E-state index in [2.05, 4.69) is 9.97 Å². The number of aromatic amines is 1. The van der Waals surface area contributed by atoms with Crippen LogP contribution in [0, 0.1) is 4.64 Å². The van der Waals surface area contributed by atoms with Gasteiger partial charge in [0.1, 0.15) is 15.7 Å². The Morgan fingerprint density at radius 1 is 1.41 bits per heavy atom. The van der Waals surface area contributed by atoms with Gasteiger partial charge in [-0.25, -0.2) is 13.4 Å². The van der Waals surface area contributed by atoms with Gasteiger partial charge in [0.15, 0.2) is 9.84 Å². The second-order valence-corrected chi connectivity index (χ2v) is 8.02. The lowest BCUT2D eigenvalue weighted by atomic mass is 9.92. The molecule has 0 aromatic carbocycles. The van der Waals surface area contributed by atoms with Crippen LogP contribution < -0.4 is 0 Å². The minimum absolute atomic E-state index is 0.123. The first-order valence-corrected chi connectivity index (χ1v) is 7.68. The molecule has 96 valence electrons. The molecule has 0 bridgehead atoms. The molecular weight excluding hydrogens is 256 g/mol. The first-order chi connectivity index (χ1) is 7.51. The summed E-state index contributed by atoms with van der Waals surface area (Å²) >= 11 is 5.07. The standard InChI is InChI=1S/C11H18N2O2S2/c1-7(17(5,14)15)10-12-8(11(2,3)4)6-9(16)13-10/h6-7H,1-5H3,(H,12,13,16). The maximum absolute atomic E-state index is 11.5. The molecule has 0 spiro atoms. The Morgan fingerprint density at radius 2 is 1.94 bits per heavy atom. The van der Waals surface area contributed by atoms with E-state index in [4.69, 9.17) is 12.2 Å². The molecule has 0 fully saturated rings. The topological polar surface area (TPSA) is 62.8 Å². The number of aromatic nitrogens is 2. The smallest absolute Gasteiger partial charge is 0.157 e. The van der Waals surface area contributed by atoms with Crippen molar-refractivity contribution in [3.05, 3.63) is 22.2 Å². The quantitative estimate of drug-likeness (QED) is 0.842. The van der Waals surface area contributed by atoms with Crippen LogP contribution >= 0.6 is 12.2 Å². The molecule has 0 saturated heterocycles. The lowest BCUT2D eigenvalue weighted by molar-refractivity contribution is 0.556. The van der Waals surface area contributed by atoms with Crippen LogP contribution in [0.1, 0.15) is 44.5 Å². The lowest BCUT2D eigenvalue weighted by Gasteiger charge is -2.20. The second kappa shape index (κ2) is 4.49.